The van der Waals surface area contributed by atoms with E-state index in [1.54, 1.807) is 24.3 Å². The summed E-state index contributed by atoms with van der Waals surface area (Å²) in [5, 5.41) is 11.7. The summed E-state index contributed by atoms with van der Waals surface area (Å²) < 4.78 is 27.9. The lowest BCUT2D eigenvalue weighted by atomic mass is 9.99. The van der Waals surface area contributed by atoms with Gasteiger partial charge in [0.15, 0.2) is 0 Å². The van der Waals surface area contributed by atoms with E-state index in [0.717, 1.165) is 0 Å². The first kappa shape index (κ1) is 21.3. The molecular formula is C19H16Cl2N2O5S. The fourth-order valence-electron chi connectivity index (χ4n) is 2.95. The van der Waals surface area contributed by atoms with E-state index in [4.69, 9.17) is 28.3 Å². The van der Waals surface area contributed by atoms with Crippen molar-refractivity contribution >= 4 is 51.2 Å². The molecule has 29 heavy (non-hydrogen) atoms. The molecule has 2 aromatic rings. The highest BCUT2D eigenvalue weighted by Crippen LogP contribution is 2.35. The van der Waals surface area contributed by atoms with E-state index >= 15 is 0 Å². The lowest BCUT2D eigenvalue weighted by Gasteiger charge is -2.16. The molecule has 0 saturated carbocycles. The largest absolute Gasteiger partial charge is 0.480 e. The average Bonchev–Trinajstić information content (AvgIpc) is 3.05. The molecule has 3 rings (SSSR count). The summed E-state index contributed by atoms with van der Waals surface area (Å²) in [4.78, 5) is 22.7. The molecule has 3 N–H and O–H groups in total. The Kier molecular flexibility index (Phi) is 6.28. The van der Waals surface area contributed by atoms with Gasteiger partial charge >= 0.3 is 5.97 Å². The Morgan fingerprint density at radius 2 is 1.76 bits per heavy atom. The van der Waals surface area contributed by atoms with Crippen LogP contribution in [0.5, 0.6) is 0 Å². The fraction of sp³-hybridized carbons (Fsp3) is 0.158. The Labute approximate surface area is 177 Å². The second-order valence-electron chi connectivity index (χ2n) is 6.29. The number of benzene rings is 2. The van der Waals surface area contributed by atoms with Gasteiger partial charge in [-0.1, -0.05) is 41.4 Å². The Hall–Kier alpha value is -2.39. The number of carbonyl (C=O) groups excluding carboxylic acids is 1. The first-order chi connectivity index (χ1) is 13.7. The number of sulfonamides is 1. The molecule has 0 spiro atoms. The highest BCUT2D eigenvalue weighted by Gasteiger charge is 2.27. The van der Waals surface area contributed by atoms with Crippen molar-refractivity contribution in [1.29, 1.82) is 0 Å². The smallest absolute Gasteiger partial charge is 0.322 e. The molecule has 0 aliphatic heterocycles. The van der Waals surface area contributed by atoms with Gasteiger partial charge in [0, 0.05) is 10.0 Å². The first-order valence-corrected chi connectivity index (χ1v) is 10.7. The second kappa shape index (κ2) is 8.54. The van der Waals surface area contributed by atoms with Crippen LogP contribution in [0.15, 0.2) is 47.4 Å². The summed E-state index contributed by atoms with van der Waals surface area (Å²) in [6, 6.07) is 8.42. The topological polar surface area (TPSA) is 113 Å². The zero-order chi connectivity index (χ0) is 21.2. The van der Waals surface area contributed by atoms with Crippen LogP contribution in [0.1, 0.15) is 22.7 Å². The van der Waals surface area contributed by atoms with E-state index in [9.17, 15) is 18.0 Å². The Balaban J connectivity index is 1.83. The van der Waals surface area contributed by atoms with Gasteiger partial charge in [0.25, 0.3) is 0 Å². The predicted molar refractivity (Wildman–Crippen MR) is 109 cm³/mol. The molecule has 1 unspecified atom stereocenters. The summed E-state index contributed by atoms with van der Waals surface area (Å²) in [5.41, 5.74) is 1.77. The zero-order valence-corrected chi connectivity index (χ0v) is 17.2. The highest BCUT2D eigenvalue weighted by molar-refractivity contribution is 7.89. The number of carboxylic acid groups (broad SMARTS) is 1. The number of hydrogen-bond acceptors (Lipinski definition) is 4. The van der Waals surface area contributed by atoms with Gasteiger partial charge in [-0.3, -0.25) is 9.59 Å². The van der Waals surface area contributed by atoms with E-state index < -0.39 is 34.5 Å². The molecule has 1 aliphatic carbocycles. The normalized spacial score (nSPS) is 15.2. The first-order valence-electron chi connectivity index (χ1n) is 8.43. The van der Waals surface area contributed by atoms with Crippen LogP contribution in [-0.4, -0.2) is 31.9 Å². The van der Waals surface area contributed by atoms with Crippen LogP contribution in [-0.2, 0) is 26.0 Å². The summed E-state index contributed by atoms with van der Waals surface area (Å²) >= 11 is 12.0. The minimum absolute atomic E-state index is 0.0750. The molecule has 0 radical (unpaired) electrons. The number of hydrogen-bond donors (Lipinski definition) is 3. The maximum Gasteiger partial charge on any atom is 0.322 e. The van der Waals surface area contributed by atoms with Gasteiger partial charge in [-0.25, -0.2) is 8.42 Å². The Morgan fingerprint density at radius 1 is 1.07 bits per heavy atom. The maximum atomic E-state index is 12.7. The quantitative estimate of drug-likeness (QED) is 0.595. The van der Waals surface area contributed by atoms with Crippen LogP contribution in [0.4, 0.5) is 0 Å². The second-order valence-corrected chi connectivity index (χ2v) is 8.85. The molecule has 0 saturated heterocycles. The van der Waals surface area contributed by atoms with E-state index in [0.29, 0.717) is 26.7 Å². The number of carbonyl (C=O) groups is 2. The molecule has 0 bridgehead atoms. The van der Waals surface area contributed by atoms with Gasteiger partial charge < -0.3 is 10.4 Å². The number of halogens is 2. The number of nitrogens with one attached hydrogen (secondary N) is 2. The third-order valence-corrected chi connectivity index (χ3v) is 6.37. The Bertz CT molecular complexity index is 1100. The SMILES string of the molecule is O=C(O)CNC(=O)Cc1c(Cl)ccc2c1C=CC2NS(=O)(=O)c1ccc(Cl)cc1. The van der Waals surface area contributed by atoms with Crippen LogP contribution < -0.4 is 10.0 Å². The highest BCUT2D eigenvalue weighted by atomic mass is 35.5. The van der Waals surface area contributed by atoms with Gasteiger partial charge in [0.1, 0.15) is 6.54 Å². The summed E-state index contributed by atoms with van der Waals surface area (Å²) in [6.07, 6.45) is 3.22. The average molecular weight is 455 g/mol. The molecule has 7 nitrogen and oxygen atoms in total. The number of fused-ring (bicyclic) bond motifs is 1. The lowest BCUT2D eigenvalue weighted by Crippen LogP contribution is -2.31. The van der Waals surface area contributed by atoms with Crippen molar-refractivity contribution in [3.8, 4) is 0 Å². The van der Waals surface area contributed by atoms with E-state index in [1.165, 1.54) is 24.3 Å². The van der Waals surface area contributed by atoms with Crippen LogP contribution in [0, 0.1) is 0 Å². The van der Waals surface area contributed by atoms with Crippen molar-refractivity contribution in [2.24, 2.45) is 0 Å². The van der Waals surface area contributed by atoms with Crippen molar-refractivity contribution in [2.75, 3.05) is 6.54 Å². The minimum Gasteiger partial charge on any atom is -0.480 e. The number of aliphatic carboxylic acids is 1. The number of amides is 1. The summed E-state index contributed by atoms with van der Waals surface area (Å²) in [7, 11) is -3.80. The molecule has 2 aromatic carbocycles. The number of rotatable bonds is 7. The molecule has 10 heteroatoms. The van der Waals surface area contributed by atoms with Crippen molar-refractivity contribution in [3.05, 3.63) is 69.2 Å². The van der Waals surface area contributed by atoms with E-state index in [2.05, 4.69) is 10.0 Å². The van der Waals surface area contributed by atoms with Gasteiger partial charge in [0.05, 0.1) is 17.4 Å². The summed E-state index contributed by atoms with van der Waals surface area (Å²) in [6.45, 7) is -0.495. The predicted octanol–water partition coefficient (Wildman–Crippen LogP) is 2.78. The van der Waals surface area contributed by atoms with Crippen LogP contribution in [0.3, 0.4) is 0 Å². The number of carboxylic acids is 1. The monoisotopic (exact) mass is 454 g/mol. The van der Waals surface area contributed by atoms with Crippen LogP contribution in [0.25, 0.3) is 6.08 Å². The third-order valence-electron chi connectivity index (χ3n) is 4.30. The van der Waals surface area contributed by atoms with Crippen LogP contribution in [0.2, 0.25) is 10.0 Å². The maximum absolute atomic E-state index is 12.7. The van der Waals surface area contributed by atoms with Crippen LogP contribution >= 0.6 is 23.2 Å². The van der Waals surface area contributed by atoms with E-state index in [1.807, 2.05) is 0 Å². The molecule has 152 valence electrons. The molecule has 1 amide bonds. The molecule has 0 heterocycles. The minimum atomic E-state index is -3.80. The van der Waals surface area contributed by atoms with Gasteiger partial charge in [0.2, 0.25) is 15.9 Å². The van der Waals surface area contributed by atoms with Gasteiger partial charge in [-0.05, 0) is 47.0 Å². The summed E-state index contributed by atoms with van der Waals surface area (Å²) in [5.74, 6) is -1.65. The zero-order valence-electron chi connectivity index (χ0n) is 14.9. The van der Waals surface area contributed by atoms with Crippen molar-refractivity contribution < 1.29 is 23.1 Å². The van der Waals surface area contributed by atoms with Crippen molar-refractivity contribution in [2.45, 2.75) is 17.4 Å². The molecule has 0 fully saturated rings. The fourth-order valence-corrected chi connectivity index (χ4v) is 4.48. The van der Waals surface area contributed by atoms with Crippen molar-refractivity contribution in [3.63, 3.8) is 0 Å². The Morgan fingerprint density at radius 3 is 2.41 bits per heavy atom. The van der Waals surface area contributed by atoms with Gasteiger partial charge in [-0.2, -0.15) is 4.72 Å². The molecule has 0 aromatic heterocycles. The van der Waals surface area contributed by atoms with Gasteiger partial charge in [-0.15, -0.1) is 0 Å². The molecule has 1 aliphatic rings. The molecule has 1 atom stereocenters. The molecular weight excluding hydrogens is 439 g/mol. The third kappa shape index (κ3) is 4.97. The lowest BCUT2D eigenvalue weighted by molar-refractivity contribution is -0.137. The van der Waals surface area contributed by atoms with Crippen molar-refractivity contribution in [1.82, 2.24) is 10.0 Å². The standard InChI is InChI=1S/C19H16Cl2N2O5S/c20-11-1-3-12(4-2-11)29(27,28)23-17-8-6-13-14(17)5-7-16(21)15(13)9-18(24)22-10-19(25)26/h1-8,17,23H,9-10H2,(H,22,24)(H,25,26). The van der Waals surface area contributed by atoms with E-state index in [-0.39, 0.29) is 11.3 Å².